The molecule has 1 atom stereocenters. The molecule has 0 saturated carbocycles. The van der Waals surface area contributed by atoms with E-state index in [4.69, 9.17) is 10.2 Å². The second kappa shape index (κ2) is 6.57. The lowest BCUT2D eigenvalue weighted by Gasteiger charge is -2.22. The Morgan fingerprint density at radius 2 is 2.15 bits per heavy atom. The van der Waals surface area contributed by atoms with E-state index < -0.39 is 6.10 Å². The molecule has 1 unspecified atom stereocenters. The Morgan fingerprint density at radius 1 is 1.35 bits per heavy atom. The number of rotatable bonds is 7. The Balaban J connectivity index is 2.20. The largest absolute Gasteiger partial charge is 0.395 e. The molecular formula is C11H17N5O4. The van der Waals surface area contributed by atoms with E-state index in [0.29, 0.717) is 24.3 Å². The second-order valence-electron chi connectivity index (χ2n) is 4.43. The fraction of sp³-hybridized carbons (Fsp3) is 0.545. The Bertz CT molecular complexity index is 610. The van der Waals surface area contributed by atoms with Crippen molar-refractivity contribution in [2.75, 3.05) is 26.3 Å². The molecule has 0 spiro atoms. The van der Waals surface area contributed by atoms with Crippen molar-refractivity contribution in [3.8, 4) is 0 Å². The number of hydrogen-bond donors (Lipinski definition) is 5. The summed E-state index contributed by atoms with van der Waals surface area (Å²) >= 11 is 0. The smallest absolute Gasteiger partial charge is 0.279 e. The van der Waals surface area contributed by atoms with E-state index >= 15 is 0 Å². The summed E-state index contributed by atoms with van der Waals surface area (Å²) in [6.45, 7) is 0.397. The summed E-state index contributed by atoms with van der Waals surface area (Å²) in [5.74, 6) is 0. The van der Waals surface area contributed by atoms with Crippen molar-refractivity contribution in [3.05, 3.63) is 22.4 Å². The van der Waals surface area contributed by atoms with Gasteiger partial charge in [-0.3, -0.25) is 14.8 Å². The molecule has 2 heterocycles. The molecule has 0 aliphatic carbocycles. The summed E-state index contributed by atoms with van der Waals surface area (Å²) in [5, 5.41) is 34.0. The normalized spacial score (nSPS) is 13.2. The van der Waals surface area contributed by atoms with E-state index in [2.05, 4.69) is 20.2 Å². The van der Waals surface area contributed by atoms with Gasteiger partial charge in [0.2, 0.25) is 0 Å². The third-order valence-electron chi connectivity index (χ3n) is 2.89. The maximum Gasteiger partial charge on any atom is 0.279 e. The van der Waals surface area contributed by atoms with E-state index in [-0.39, 0.29) is 30.8 Å². The van der Waals surface area contributed by atoms with Crippen LogP contribution in [0.25, 0.3) is 11.0 Å². The lowest BCUT2D eigenvalue weighted by atomic mass is 10.3. The molecule has 0 amide bonds. The van der Waals surface area contributed by atoms with Crippen molar-refractivity contribution in [1.82, 2.24) is 25.1 Å². The topological polar surface area (TPSA) is 138 Å². The Labute approximate surface area is 113 Å². The number of aromatic nitrogens is 4. The van der Waals surface area contributed by atoms with E-state index in [1.165, 1.54) is 6.33 Å². The van der Waals surface area contributed by atoms with Crippen LogP contribution >= 0.6 is 0 Å². The van der Waals surface area contributed by atoms with Gasteiger partial charge in [-0.05, 0) is 0 Å². The fourth-order valence-electron chi connectivity index (χ4n) is 1.96. The molecule has 5 N–H and O–H groups in total. The summed E-state index contributed by atoms with van der Waals surface area (Å²) in [7, 11) is 0. The number of nitrogens with one attached hydrogen (secondary N) is 2. The summed E-state index contributed by atoms with van der Waals surface area (Å²) in [6, 6.07) is 0. The van der Waals surface area contributed by atoms with E-state index in [1.54, 1.807) is 4.90 Å². The van der Waals surface area contributed by atoms with Crippen molar-refractivity contribution in [3.63, 3.8) is 0 Å². The van der Waals surface area contributed by atoms with Gasteiger partial charge in [0.05, 0.1) is 31.3 Å². The van der Waals surface area contributed by atoms with Crippen molar-refractivity contribution >= 4 is 11.0 Å². The number of fused-ring (bicyclic) bond motifs is 1. The Morgan fingerprint density at radius 3 is 2.85 bits per heavy atom. The molecule has 9 nitrogen and oxygen atoms in total. The minimum absolute atomic E-state index is 0.0851. The molecule has 0 aliphatic rings. The minimum atomic E-state index is -0.896. The molecule has 0 aliphatic heterocycles. The molecule has 2 aromatic rings. The van der Waals surface area contributed by atoms with Gasteiger partial charge in [0.25, 0.3) is 5.56 Å². The van der Waals surface area contributed by atoms with E-state index in [0.717, 1.165) is 0 Å². The molecule has 0 bridgehead atoms. The summed E-state index contributed by atoms with van der Waals surface area (Å²) in [5.41, 5.74) is 0.954. The lowest BCUT2D eigenvalue weighted by Crippen LogP contribution is -2.36. The van der Waals surface area contributed by atoms with Crippen LogP contribution in [0, 0.1) is 0 Å². The van der Waals surface area contributed by atoms with Crippen LogP contribution in [0.1, 0.15) is 5.69 Å². The van der Waals surface area contributed by atoms with Crippen LogP contribution in [0.15, 0.2) is 11.1 Å². The maximum atomic E-state index is 11.5. The quantitative estimate of drug-likeness (QED) is 0.388. The molecule has 0 fully saturated rings. The van der Waals surface area contributed by atoms with Gasteiger partial charge in [0.1, 0.15) is 5.52 Å². The van der Waals surface area contributed by atoms with Gasteiger partial charge in [-0.2, -0.15) is 5.10 Å². The first kappa shape index (κ1) is 14.6. The molecule has 0 aromatic carbocycles. The first-order valence-electron chi connectivity index (χ1n) is 6.18. The monoisotopic (exact) mass is 283 g/mol. The molecule has 0 radical (unpaired) electrons. The molecular weight excluding hydrogens is 266 g/mol. The van der Waals surface area contributed by atoms with Gasteiger partial charge in [0, 0.05) is 19.6 Å². The first-order chi connectivity index (χ1) is 9.65. The molecule has 2 aromatic heterocycles. The zero-order chi connectivity index (χ0) is 14.5. The van der Waals surface area contributed by atoms with Crippen LogP contribution < -0.4 is 5.56 Å². The highest BCUT2D eigenvalue weighted by molar-refractivity contribution is 5.75. The molecule has 110 valence electrons. The summed E-state index contributed by atoms with van der Waals surface area (Å²) < 4.78 is 0. The molecule has 0 saturated heterocycles. The highest BCUT2D eigenvalue weighted by atomic mass is 16.3. The maximum absolute atomic E-state index is 11.5. The molecule has 9 heteroatoms. The van der Waals surface area contributed by atoms with Crippen LogP contribution in [0.4, 0.5) is 0 Å². The number of hydrogen-bond acceptors (Lipinski definition) is 7. The zero-order valence-corrected chi connectivity index (χ0v) is 10.8. The van der Waals surface area contributed by atoms with Gasteiger partial charge < -0.3 is 20.3 Å². The number of H-pyrrole nitrogens is 2. The van der Waals surface area contributed by atoms with E-state index in [9.17, 15) is 9.90 Å². The minimum Gasteiger partial charge on any atom is -0.395 e. The average Bonchev–Trinajstić information content (AvgIpc) is 2.83. The predicted octanol–water partition coefficient (Wildman–Crippen LogP) is -2.21. The number of aliphatic hydroxyl groups excluding tert-OH is 3. The third kappa shape index (κ3) is 3.20. The lowest BCUT2D eigenvalue weighted by molar-refractivity contribution is 0.0507. The van der Waals surface area contributed by atoms with Gasteiger partial charge in [-0.1, -0.05) is 0 Å². The van der Waals surface area contributed by atoms with Crippen molar-refractivity contribution in [1.29, 1.82) is 0 Å². The molecule has 20 heavy (non-hydrogen) atoms. The van der Waals surface area contributed by atoms with Crippen LogP contribution in [0.2, 0.25) is 0 Å². The average molecular weight is 283 g/mol. The van der Waals surface area contributed by atoms with Gasteiger partial charge >= 0.3 is 0 Å². The standard InChI is InChI=1S/C11H17N5O4/c17-2-1-16(3-7(19)5-18)4-8-9-10(15-14-8)11(20)13-6-12-9/h6-7,17-19H,1-5H2,(H,14,15)(H,12,13,20). The second-order valence-corrected chi connectivity index (χ2v) is 4.43. The zero-order valence-electron chi connectivity index (χ0n) is 10.8. The molecule has 2 rings (SSSR count). The van der Waals surface area contributed by atoms with E-state index in [1.807, 2.05) is 0 Å². The Hall–Kier alpha value is -1.81. The summed E-state index contributed by atoms with van der Waals surface area (Å²) in [4.78, 5) is 19.8. The van der Waals surface area contributed by atoms with Crippen LogP contribution in [0.5, 0.6) is 0 Å². The van der Waals surface area contributed by atoms with Crippen LogP contribution in [-0.2, 0) is 6.54 Å². The summed E-state index contributed by atoms with van der Waals surface area (Å²) in [6.07, 6.45) is 0.398. The van der Waals surface area contributed by atoms with Gasteiger partial charge in [0.15, 0.2) is 5.52 Å². The number of aromatic amines is 2. The van der Waals surface area contributed by atoms with Gasteiger partial charge in [-0.25, -0.2) is 4.98 Å². The van der Waals surface area contributed by atoms with Crippen LogP contribution in [-0.4, -0.2) is 72.8 Å². The Kier molecular flexibility index (Phi) is 4.79. The van der Waals surface area contributed by atoms with Crippen molar-refractivity contribution in [2.45, 2.75) is 12.6 Å². The van der Waals surface area contributed by atoms with Crippen molar-refractivity contribution < 1.29 is 15.3 Å². The van der Waals surface area contributed by atoms with Gasteiger partial charge in [-0.15, -0.1) is 0 Å². The first-order valence-corrected chi connectivity index (χ1v) is 6.18. The third-order valence-corrected chi connectivity index (χ3v) is 2.89. The van der Waals surface area contributed by atoms with Crippen molar-refractivity contribution in [2.24, 2.45) is 0 Å². The highest BCUT2D eigenvalue weighted by Gasteiger charge is 2.15. The van der Waals surface area contributed by atoms with Crippen LogP contribution in [0.3, 0.4) is 0 Å². The number of aliphatic hydroxyl groups is 3. The number of nitrogens with zero attached hydrogens (tertiary/aromatic N) is 3. The fourth-order valence-corrected chi connectivity index (χ4v) is 1.96. The highest BCUT2D eigenvalue weighted by Crippen LogP contribution is 2.11. The predicted molar refractivity (Wildman–Crippen MR) is 70.0 cm³/mol. The SMILES string of the molecule is O=c1[nH]cnc2c(CN(CCO)CC(O)CO)[nH]nc12.